The minimum Gasteiger partial charge on any atom is -0.423 e. The molecule has 3 rings (SSSR count). The molecule has 6 heteroatoms. The third kappa shape index (κ3) is 2.22. The van der Waals surface area contributed by atoms with Gasteiger partial charge in [0.15, 0.2) is 5.82 Å². The van der Waals surface area contributed by atoms with Crippen LogP contribution in [0.15, 0.2) is 4.42 Å². The Morgan fingerprint density at radius 1 is 1.37 bits per heavy atom. The molecule has 0 spiro atoms. The maximum absolute atomic E-state index is 5.67. The highest BCUT2D eigenvalue weighted by Crippen LogP contribution is 2.28. The summed E-state index contributed by atoms with van der Waals surface area (Å²) in [5, 5.41) is 15.6. The van der Waals surface area contributed by atoms with Crippen molar-refractivity contribution in [3.05, 3.63) is 23.0 Å². The van der Waals surface area contributed by atoms with Crippen molar-refractivity contribution in [3.63, 3.8) is 0 Å². The maximum atomic E-state index is 5.67. The standard InChI is InChI=1S/C13H19N5O/c1-8(2)13-17-15-11(19-13)7-18-6-4-5-10-9(3)14-16-12(10)18/h8H,4-7H2,1-3H3,(H,14,16). The Bertz CT molecular complexity index is 571. The zero-order valence-corrected chi connectivity index (χ0v) is 11.6. The van der Waals surface area contributed by atoms with E-state index in [1.807, 2.05) is 13.8 Å². The van der Waals surface area contributed by atoms with Gasteiger partial charge in [-0.1, -0.05) is 13.8 Å². The van der Waals surface area contributed by atoms with Gasteiger partial charge < -0.3 is 9.32 Å². The monoisotopic (exact) mass is 261 g/mol. The first-order chi connectivity index (χ1) is 9.15. The van der Waals surface area contributed by atoms with Gasteiger partial charge in [0.25, 0.3) is 0 Å². The molecule has 0 aromatic carbocycles. The molecule has 0 aliphatic carbocycles. The fourth-order valence-electron chi connectivity index (χ4n) is 2.43. The predicted octanol–water partition coefficient (Wildman–Crippen LogP) is 2.18. The smallest absolute Gasteiger partial charge is 0.235 e. The average Bonchev–Trinajstić information content (AvgIpc) is 2.98. The van der Waals surface area contributed by atoms with Gasteiger partial charge in [0.05, 0.1) is 6.54 Å². The summed E-state index contributed by atoms with van der Waals surface area (Å²) in [5.74, 6) is 2.67. The molecule has 0 radical (unpaired) electrons. The Hall–Kier alpha value is -1.85. The van der Waals surface area contributed by atoms with Crippen LogP contribution >= 0.6 is 0 Å². The summed E-state index contributed by atoms with van der Waals surface area (Å²) in [5.41, 5.74) is 2.47. The third-order valence-corrected chi connectivity index (χ3v) is 3.51. The summed E-state index contributed by atoms with van der Waals surface area (Å²) in [6.07, 6.45) is 2.23. The number of rotatable bonds is 3. The summed E-state index contributed by atoms with van der Waals surface area (Å²) >= 11 is 0. The molecule has 0 amide bonds. The van der Waals surface area contributed by atoms with Crippen molar-refractivity contribution in [3.8, 4) is 0 Å². The van der Waals surface area contributed by atoms with E-state index in [4.69, 9.17) is 4.42 Å². The Balaban J connectivity index is 1.80. The van der Waals surface area contributed by atoms with Crippen LogP contribution in [0.25, 0.3) is 0 Å². The van der Waals surface area contributed by atoms with E-state index in [1.54, 1.807) is 0 Å². The van der Waals surface area contributed by atoms with Gasteiger partial charge in [-0.2, -0.15) is 5.10 Å². The summed E-state index contributed by atoms with van der Waals surface area (Å²) < 4.78 is 5.67. The second-order valence-electron chi connectivity index (χ2n) is 5.36. The first-order valence-corrected chi connectivity index (χ1v) is 6.76. The largest absolute Gasteiger partial charge is 0.423 e. The van der Waals surface area contributed by atoms with Crippen molar-refractivity contribution >= 4 is 5.82 Å². The zero-order chi connectivity index (χ0) is 13.4. The molecule has 2 aromatic heterocycles. The highest BCUT2D eigenvalue weighted by atomic mass is 16.4. The van der Waals surface area contributed by atoms with Gasteiger partial charge in [0.1, 0.15) is 0 Å². The molecule has 0 atom stereocenters. The lowest BCUT2D eigenvalue weighted by Gasteiger charge is -2.26. The van der Waals surface area contributed by atoms with E-state index >= 15 is 0 Å². The number of hydrogen-bond donors (Lipinski definition) is 1. The van der Waals surface area contributed by atoms with Crippen molar-refractivity contribution in [1.29, 1.82) is 0 Å². The first-order valence-electron chi connectivity index (χ1n) is 6.76. The quantitative estimate of drug-likeness (QED) is 0.917. The van der Waals surface area contributed by atoms with Crippen LogP contribution in [0.1, 0.15) is 49.2 Å². The molecule has 102 valence electrons. The molecule has 0 bridgehead atoms. The van der Waals surface area contributed by atoms with Crippen molar-refractivity contribution in [2.75, 3.05) is 11.4 Å². The Morgan fingerprint density at radius 2 is 2.21 bits per heavy atom. The summed E-state index contributed by atoms with van der Waals surface area (Å²) in [6, 6.07) is 0. The molecule has 1 N–H and O–H groups in total. The summed E-state index contributed by atoms with van der Waals surface area (Å²) in [6.45, 7) is 7.79. The lowest BCUT2D eigenvalue weighted by molar-refractivity contribution is 0.426. The molecule has 1 aliphatic rings. The fourth-order valence-corrected chi connectivity index (χ4v) is 2.43. The second-order valence-corrected chi connectivity index (χ2v) is 5.36. The van der Waals surface area contributed by atoms with Crippen LogP contribution in [0.5, 0.6) is 0 Å². The van der Waals surface area contributed by atoms with Gasteiger partial charge in [-0.25, -0.2) is 0 Å². The van der Waals surface area contributed by atoms with E-state index in [9.17, 15) is 0 Å². The van der Waals surface area contributed by atoms with Crippen LogP contribution in [0.3, 0.4) is 0 Å². The Kier molecular flexibility index (Phi) is 3.00. The van der Waals surface area contributed by atoms with Gasteiger partial charge in [-0.15, -0.1) is 10.2 Å². The molecular formula is C13H19N5O. The van der Waals surface area contributed by atoms with E-state index in [-0.39, 0.29) is 5.92 Å². The topological polar surface area (TPSA) is 70.8 Å². The molecule has 0 saturated heterocycles. The van der Waals surface area contributed by atoms with Gasteiger partial charge in [0, 0.05) is 23.7 Å². The minimum absolute atomic E-state index is 0.269. The van der Waals surface area contributed by atoms with E-state index < -0.39 is 0 Å². The number of nitrogens with zero attached hydrogens (tertiary/aromatic N) is 4. The lowest BCUT2D eigenvalue weighted by Crippen LogP contribution is -2.29. The Morgan fingerprint density at radius 3 is 2.95 bits per heavy atom. The Labute approximate surface area is 112 Å². The number of aromatic nitrogens is 4. The molecule has 3 heterocycles. The van der Waals surface area contributed by atoms with Gasteiger partial charge >= 0.3 is 0 Å². The number of anilines is 1. The minimum atomic E-state index is 0.269. The SMILES string of the molecule is Cc1[nH]nc2c1CCCN2Cc1nnc(C(C)C)o1. The molecule has 1 aliphatic heterocycles. The first kappa shape index (κ1) is 12.2. The average molecular weight is 261 g/mol. The number of H-pyrrole nitrogens is 1. The van der Waals surface area contributed by atoms with Crippen molar-refractivity contribution in [1.82, 2.24) is 20.4 Å². The van der Waals surface area contributed by atoms with Crippen LogP contribution < -0.4 is 4.90 Å². The molecule has 0 unspecified atom stereocenters. The molecule has 19 heavy (non-hydrogen) atoms. The van der Waals surface area contributed by atoms with Crippen LogP contribution in [0, 0.1) is 6.92 Å². The van der Waals surface area contributed by atoms with Crippen molar-refractivity contribution in [2.24, 2.45) is 0 Å². The molecular weight excluding hydrogens is 242 g/mol. The second kappa shape index (κ2) is 4.68. The third-order valence-electron chi connectivity index (χ3n) is 3.51. The van der Waals surface area contributed by atoms with Gasteiger partial charge in [-0.3, -0.25) is 5.10 Å². The van der Waals surface area contributed by atoms with Crippen LogP contribution in [-0.4, -0.2) is 26.9 Å². The van der Waals surface area contributed by atoms with Crippen molar-refractivity contribution in [2.45, 2.75) is 46.1 Å². The molecule has 0 fully saturated rings. The zero-order valence-electron chi connectivity index (χ0n) is 11.6. The number of aryl methyl sites for hydroxylation is 1. The van der Waals surface area contributed by atoms with E-state index in [1.165, 1.54) is 5.56 Å². The van der Waals surface area contributed by atoms with Crippen LogP contribution in [0.2, 0.25) is 0 Å². The maximum Gasteiger partial charge on any atom is 0.235 e. The van der Waals surface area contributed by atoms with Gasteiger partial charge in [-0.05, 0) is 19.8 Å². The number of fused-ring (bicyclic) bond motifs is 1. The normalized spacial score (nSPS) is 15.1. The highest BCUT2D eigenvalue weighted by molar-refractivity contribution is 5.50. The summed E-state index contributed by atoms with van der Waals surface area (Å²) in [4.78, 5) is 2.21. The number of nitrogens with one attached hydrogen (secondary N) is 1. The lowest BCUT2D eigenvalue weighted by atomic mass is 10.1. The van der Waals surface area contributed by atoms with Crippen molar-refractivity contribution < 1.29 is 4.42 Å². The molecule has 6 nitrogen and oxygen atoms in total. The summed E-state index contributed by atoms with van der Waals surface area (Å²) in [7, 11) is 0. The van der Waals surface area contributed by atoms with E-state index in [0.717, 1.165) is 30.9 Å². The number of aromatic amines is 1. The predicted molar refractivity (Wildman–Crippen MR) is 71.1 cm³/mol. The molecule has 0 saturated carbocycles. The number of hydrogen-bond acceptors (Lipinski definition) is 5. The van der Waals surface area contributed by atoms with E-state index in [2.05, 4.69) is 32.2 Å². The highest BCUT2D eigenvalue weighted by Gasteiger charge is 2.23. The molecule has 2 aromatic rings. The van der Waals surface area contributed by atoms with E-state index in [0.29, 0.717) is 18.3 Å². The fraction of sp³-hybridized carbons (Fsp3) is 0.615. The van der Waals surface area contributed by atoms with Gasteiger partial charge in [0.2, 0.25) is 11.8 Å². The van der Waals surface area contributed by atoms with Crippen LogP contribution in [-0.2, 0) is 13.0 Å². The van der Waals surface area contributed by atoms with Crippen LogP contribution in [0.4, 0.5) is 5.82 Å².